The van der Waals surface area contributed by atoms with Gasteiger partial charge >= 0.3 is 0 Å². The van der Waals surface area contributed by atoms with Gasteiger partial charge in [-0.25, -0.2) is 0 Å². The molecule has 0 aromatic carbocycles. The standard InChI is InChI=1S/C17H37NO6/c1-4-18-5-6-19-7-8-20-9-10-21-11-12-22-13-14-23-15-16-24-17(2)3/h17-18H,4-16H2,1-3H3. The molecule has 0 aromatic rings. The van der Waals surface area contributed by atoms with Crippen molar-refractivity contribution < 1.29 is 28.4 Å². The molecule has 0 aliphatic carbocycles. The van der Waals surface area contributed by atoms with Gasteiger partial charge in [0.25, 0.3) is 0 Å². The summed E-state index contributed by atoms with van der Waals surface area (Å²) in [5, 5.41) is 3.19. The molecule has 1 N–H and O–H groups in total. The molecule has 0 aliphatic heterocycles. The third kappa shape index (κ3) is 21.7. The normalized spacial score (nSPS) is 11.5. The van der Waals surface area contributed by atoms with Gasteiger partial charge in [-0.05, 0) is 20.4 Å². The fourth-order valence-electron chi connectivity index (χ4n) is 1.65. The quantitative estimate of drug-likeness (QED) is 0.330. The van der Waals surface area contributed by atoms with Crippen LogP contribution in [-0.2, 0) is 28.4 Å². The second-order valence-electron chi connectivity index (χ2n) is 5.33. The molecule has 146 valence electrons. The Kier molecular flexibility index (Phi) is 20.5. The summed E-state index contributed by atoms with van der Waals surface area (Å²) >= 11 is 0. The van der Waals surface area contributed by atoms with E-state index in [1.165, 1.54) is 0 Å². The van der Waals surface area contributed by atoms with Gasteiger partial charge in [-0.15, -0.1) is 0 Å². The first-order valence-electron chi connectivity index (χ1n) is 8.98. The summed E-state index contributed by atoms with van der Waals surface area (Å²) < 4.78 is 32.3. The van der Waals surface area contributed by atoms with Crippen molar-refractivity contribution >= 4 is 0 Å². The molecule has 24 heavy (non-hydrogen) atoms. The number of hydrogen-bond acceptors (Lipinski definition) is 7. The number of rotatable bonds is 20. The molecule has 7 heteroatoms. The molecule has 0 saturated heterocycles. The predicted molar refractivity (Wildman–Crippen MR) is 93.7 cm³/mol. The summed E-state index contributed by atoms with van der Waals surface area (Å²) in [5.74, 6) is 0. The molecular formula is C17H37NO6. The van der Waals surface area contributed by atoms with E-state index in [2.05, 4.69) is 12.2 Å². The molecule has 0 rings (SSSR count). The zero-order chi connectivity index (χ0) is 17.7. The van der Waals surface area contributed by atoms with Crippen molar-refractivity contribution in [2.45, 2.75) is 26.9 Å². The lowest BCUT2D eigenvalue weighted by molar-refractivity contribution is -0.0211. The van der Waals surface area contributed by atoms with E-state index in [1.807, 2.05) is 13.8 Å². The molecule has 0 aliphatic rings. The van der Waals surface area contributed by atoms with Gasteiger partial charge in [-0.2, -0.15) is 0 Å². The summed E-state index contributed by atoms with van der Waals surface area (Å²) in [7, 11) is 0. The van der Waals surface area contributed by atoms with Crippen molar-refractivity contribution in [3.8, 4) is 0 Å². The average molecular weight is 351 g/mol. The van der Waals surface area contributed by atoms with Gasteiger partial charge in [-0.1, -0.05) is 6.92 Å². The highest BCUT2D eigenvalue weighted by atomic mass is 16.6. The van der Waals surface area contributed by atoms with E-state index >= 15 is 0 Å². The smallest absolute Gasteiger partial charge is 0.0703 e. The van der Waals surface area contributed by atoms with Crippen molar-refractivity contribution in [3.05, 3.63) is 0 Å². The molecule has 0 aromatic heterocycles. The maximum atomic E-state index is 5.40. The summed E-state index contributed by atoms with van der Waals surface area (Å²) in [6.07, 6.45) is 0.251. The SMILES string of the molecule is CCNCCOCCOCCOCCOCCOCCOC(C)C. The van der Waals surface area contributed by atoms with Crippen molar-refractivity contribution in [1.82, 2.24) is 5.32 Å². The second kappa shape index (κ2) is 20.8. The highest BCUT2D eigenvalue weighted by Gasteiger charge is 1.95. The Hall–Kier alpha value is -0.280. The Balaban J connectivity index is 2.95. The zero-order valence-electron chi connectivity index (χ0n) is 15.7. The number of hydrogen-bond donors (Lipinski definition) is 1. The maximum Gasteiger partial charge on any atom is 0.0703 e. The van der Waals surface area contributed by atoms with E-state index in [9.17, 15) is 0 Å². The van der Waals surface area contributed by atoms with Crippen LogP contribution in [0.5, 0.6) is 0 Å². The Morgan fingerprint density at radius 3 is 1.33 bits per heavy atom. The molecule has 7 nitrogen and oxygen atoms in total. The van der Waals surface area contributed by atoms with Crippen LogP contribution in [-0.4, -0.2) is 91.9 Å². The lowest BCUT2D eigenvalue weighted by Gasteiger charge is -2.09. The Morgan fingerprint density at radius 2 is 0.958 bits per heavy atom. The number of likely N-dealkylation sites (N-methyl/N-ethyl adjacent to an activating group) is 1. The molecule has 0 atom stereocenters. The van der Waals surface area contributed by atoms with E-state index in [1.54, 1.807) is 0 Å². The Morgan fingerprint density at radius 1 is 0.583 bits per heavy atom. The van der Waals surface area contributed by atoms with Gasteiger partial charge in [0.05, 0.1) is 78.8 Å². The fraction of sp³-hybridized carbons (Fsp3) is 1.00. The van der Waals surface area contributed by atoms with Crippen LogP contribution in [0.1, 0.15) is 20.8 Å². The van der Waals surface area contributed by atoms with Crippen LogP contribution in [0.3, 0.4) is 0 Å². The summed E-state index contributed by atoms with van der Waals surface area (Å²) in [6.45, 7) is 14.6. The molecule has 0 fully saturated rings. The van der Waals surface area contributed by atoms with Gasteiger partial charge in [0.15, 0.2) is 0 Å². The van der Waals surface area contributed by atoms with E-state index < -0.39 is 0 Å². The summed E-state index contributed by atoms with van der Waals surface area (Å²) in [6, 6.07) is 0. The van der Waals surface area contributed by atoms with E-state index in [4.69, 9.17) is 28.4 Å². The molecule has 0 bridgehead atoms. The zero-order valence-corrected chi connectivity index (χ0v) is 15.7. The van der Waals surface area contributed by atoms with Crippen molar-refractivity contribution in [2.75, 3.05) is 85.8 Å². The molecule has 0 spiro atoms. The van der Waals surface area contributed by atoms with Gasteiger partial charge in [0, 0.05) is 6.54 Å². The van der Waals surface area contributed by atoms with Crippen molar-refractivity contribution in [3.63, 3.8) is 0 Å². The lowest BCUT2D eigenvalue weighted by Crippen LogP contribution is -2.20. The largest absolute Gasteiger partial charge is 0.378 e. The van der Waals surface area contributed by atoms with Gasteiger partial charge in [0.1, 0.15) is 0 Å². The second-order valence-corrected chi connectivity index (χ2v) is 5.33. The Bertz CT molecular complexity index is 231. The first-order valence-corrected chi connectivity index (χ1v) is 8.98. The van der Waals surface area contributed by atoms with Crippen LogP contribution in [0.2, 0.25) is 0 Å². The van der Waals surface area contributed by atoms with Crippen LogP contribution in [0.4, 0.5) is 0 Å². The molecule has 0 unspecified atom stereocenters. The van der Waals surface area contributed by atoms with E-state index in [0.717, 1.165) is 19.7 Å². The molecule has 0 radical (unpaired) electrons. The third-order valence-electron chi connectivity index (χ3n) is 2.84. The monoisotopic (exact) mass is 351 g/mol. The van der Waals surface area contributed by atoms with Gasteiger partial charge in [-0.3, -0.25) is 0 Å². The van der Waals surface area contributed by atoms with Crippen LogP contribution >= 0.6 is 0 Å². The third-order valence-corrected chi connectivity index (χ3v) is 2.84. The minimum absolute atomic E-state index is 0.251. The van der Waals surface area contributed by atoms with Crippen LogP contribution < -0.4 is 5.32 Å². The predicted octanol–water partition coefficient (Wildman–Crippen LogP) is 1.10. The number of nitrogens with one attached hydrogen (secondary N) is 1. The summed E-state index contributed by atoms with van der Waals surface area (Å²) in [4.78, 5) is 0. The Labute approximate surface area is 147 Å². The van der Waals surface area contributed by atoms with Crippen LogP contribution in [0, 0.1) is 0 Å². The molecule has 0 saturated carbocycles. The average Bonchev–Trinajstić information content (AvgIpc) is 2.56. The van der Waals surface area contributed by atoms with E-state index in [0.29, 0.717) is 66.1 Å². The number of ether oxygens (including phenoxy) is 6. The summed E-state index contributed by atoms with van der Waals surface area (Å²) in [5.41, 5.74) is 0. The van der Waals surface area contributed by atoms with Gasteiger partial charge < -0.3 is 33.7 Å². The highest BCUT2D eigenvalue weighted by Crippen LogP contribution is 1.88. The van der Waals surface area contributed by atoms with Crippen molar-refractivity contribution in [2.24, 2.45) is 0 Å². The minimum Gasteiger partial charge on any atom is -0.378 e. The molecule has 0 heterocycles. The van der Waals surface area contributed by atoms with Gasteiger partial charge in [0.2, 0.25) is 0 Å². The molecular weight excluding hydrogens is 314 g/mol. The topological polar surface area (TPSA) is 67.4 Å². The van der Waals surface area contributed by atoms with Crippen LogP contribution in [0.15, 0.2) is 0 Å². The fourth-order valence-corrected chi connectivity index (χ4v) is 1.65. The first kappa shape index (κ1) is 23.7. The maximum absolute atomic E-state index is 5.40. The minimum atomic E-state index is 0.251. The first-order chi connectivity index (χ1) is 11.8. The lowest BCUT2D eigenvalue weighted by atomic mass is 10.5. The highest BCUT2D eigenvalue weighted by molar-refractivity contribution is 4.41. The molecule has 0 amide bonds. The van der Waals surface area contributed by atoms with E-state index in [-0.39, 0.29) is 6.10 Å². The van der Waals surface area contributed by atoms with Crippen LogP contribution in [0.25, 0.3) is 0 Å². The van der Waals surface area contributed by atoms with Crippen molar-refractivity contribution in [1.29, 1.82) is 0 Å².